The van der Waals surface area contributed by atoms with Crippen molar-refractivity contribution in [3.63, 3.8) is 0 Å². The molecule has 4 N–H and O–H groups in total. The number of rotatable bonds is 3. The highest BCUT2D eigenvalue weighted by Gasteiger charge is 2.09. The number of nitrogens with one attached hydrogen (secondary N) is 2. The van der Waals surface area contributed by atoms with E-state index >= 15 is 0 Å². The normalized spacial score (nSPS) is 10.7. The van der Waals surface area contributed by atoms with Gasteiger partial charge in [0.2, 0.25) is 0 Å². The van der Waals surface area contributed by atoms with Crippen molar-refractivity contribution in [1.82, 2.24) is 15.2 Å². The van der Waals surface area contributed by atoms with Gasteiger partial charge < -0.3 is 11.1 Å². The van der Waals surface area contributed by atoms with Crippen LogP contribution in [0.25, 0.3) is 22.2 Å². The second-order valence-corrected chi connectivity index (χ2v) is 4.34. The summed E-state index contributed by atoms with van der Waals surface area (Å²) in [5, 5.41) is 10.8. The Balaban J connectivity index is 2.05. The highest BCUT2D eigenvalue weighted by atomic mass is 19.1. The van der Waals surface area contributed by atoms with E-state index in [9.17, 15) is 4.39 Å². The van der Waals surface area contributed by atoms with E-state index in [1.807, 2.05) is 0 Å². The molecule has 0 saturated carbocycles. The lowest BCUT2D eigenvalue weighted by Gasteiger charge is -2.03. The van der Waals surface area contributed by atoms with Gasteiger partial charge in [-0.15, -0.1) is 0 Å². The van der Waals surface area contributed by atoms with Crippen LogP contribution in [0.4, 0.5) is 10.2 Å². The van der Waals surface area contributed by atoms with E-state index in [4.69, 9.17) is 5.73 Å². The molecule has 0 aliphatic carbocycles. The molecule has 20 heavy (non-hydrogen) atoms. The predicted molar refractivity (Wildman–Crippen MR) is 76.2 cm³/mol. The number of H-pyrrole nitrogens is 1. The third-order valence-corrected chi connectivity index (χ3v) is 2.85. The van der Waals surface area contributed by atoms with Crippen LogP contribution in [0.1, 0.15) is 0 Å². The maximum Gasteiger partial charge on any atom is 0.133 e. The van der Waals surface area contributed by atoms with Gasteiger partial charge in [0.15, 0.2) is 0 Å². The minimum absolute atomic E-state index is 0.278. The molecule has 2 aromatic heterocycles. The molecule has 100 valence electrons. The fourth-order valence-electron chi connectivity index (χ4n) is 1.97. The van der Waals surface area contributed by atoms with Crippen molar-refractivity contribution in [1.29, 1.82) is 0 Å². The van der Waals surface area contributed by atoms with Crippen LogP contribution in [0.3, 0.4) is 0 Å². The topological polar surface area (TPSA) is 79.6 Å². The van der Waals surface area contributed by atoms with Crippen molar-refractivity contribution in [2.45, 2.75) is 0 Å². The number of fused-ring (bicyclic) bond motifs is 1. The zero-order valence-corrected chi connectivity index (χ0v) is 10.5. The Hall–Kier alpha value is -2.89. The molecule has 0 bridgehead atoms. The minimum atomic E-state index is -0.278. The largest absolute Gasteiger partial charge is 0.386 e. The van der Waals surface area contributed by atoms with E-state index in [2.05, 4.69) is 27.1 Å². The number of aromatic nitrogens is 3. The summed E-state index contributed by atoms with van der Waals surface area (Å²) in [4.78, 5) is 4.24. The van der Waals surface area contributed by atoms with Gasteiger partial charge in [-0.05, 0) is 24.3 Å². The van der Waals surface area contributed by atoms with Crippen LogP contribution in [0.2, 0.25) is 0 Å². The lowest BCUT2D eigenvalue weighted by atomic mass is 10.1. The zero-order valence-electron chi connectivity index (χ0n) is 10.5. The number of aromatic amines is 1. The first-order valence-corrected chi connectivity index (χ1v) is 5.95. The van der Waals surface area contributed by atoms with Crippen LogP contribution in [-0.2, 0) is 0 Å². The molecule has 3 aromatic rings. The lowest BCUT2D eigenvalue weighted by Crippen LogP contribution is -2.07. The molecule has 0 spiro atoms. The van der Waals surface area contributed by atoms with Crippen LogP contribution in [0.15, 0.2) is 48.9 Å². The Bertz CT molecular complexity index is 776. The second-order valence-electron chi connectivity index (χ2n) is 4.34. The third-order valence-electron chi connectivity index (χ3n) is 2.85. The summed E-state index contributed by atoms with van der Waals surface area (Å²) in [7, 11) is 0. The summed E-state index contributed by atoms with van der Waals surface area (Å²) in [5.74, 6) is 0.620. The Labute approximate surface area is 114 Å². The molecule has 0 aliphatic heterocycles. The minimum Gasteiger partial charge on any atom is -0.386 e. The van der Waals surface area contributed by atoms with Crippen molar-refractivity contribution in [3.8, 4) is 11.3 Å². The fraction of sp³-hybridized carbons (Fsp3) is 0. The van der Waals surface area contributed by atoms with Crippen molar-refractivity contribution < 1.29 is 4.39 Å². The Kier molecular flexibility index (Phi) is 2.83. The van der Waals surface area contributed by atoms with Crippen LogP contribution in [0.5, 0.6) is 0 Å². The van der Waals surface area contributed by atoms with Gasteiger partial charge in [-0.1, -0.05) is 6.58 Å². The van der Waals surface area contributed by atoms with Gasteiger partial charge in [-0.2, -0.15) is 5.10 Å². The average Bonchev–Trinajstić information content (AvgIpc) is 2.82. The molecular weight excluding hydrogens is 257 g/mol. The molecule has 0 radical (unpaired) electrons. The molecule has 0 saturated heterocycles. The van der Waals surface area contributed by atoms with E-state index in [1.54, 1.807) is 24.4 Å². The molecule has 0 aliphatic rings. The standard InChI is InChI=1S/C14H12FN5/c1-8(16)18-13-6-12-11(7-17-13)14(20-19-12)9-2-4-10(15)5-3-9/h2-7H,1,16H2,(H,17,18)(H,19,20). The van der Waals surface area contributed by atoms with Gasteiger partial charge >= 0.3 is 0 Å². The summed E-state index contributed by atoms with van der Waals surface area (Å²) >= 11 is 0. The number of hydrogen-bond donors (Lipinski definition) is 3. The Morgan fingerprint density at radius 1 is 1.30 bits per heavy atom. The average molecular weight is 269 g/mol. The van der Waals surface area contributed by atoms with E-state index in [-0.39, 0.29) is 5.82 Å². The molecular formula is C14H12FN5. The van der Waals surface area contributed by atoms with E-state index in [0.29, 0.717) is 11.6 Å². The summed E-state index contributed by atoms with van der Waals surface area (Å²) < 4.78 is 12.9. The number of benzene rings is 1. The molecule has 1 aromatic carbocycles. The van der Waals surface area contributed by atoms with Crippen LogP contribution in [-0.4, -0.2) is 15.2 Å². The fourth-order valence-corrected chi connectivity index (χ4v) is 1.97. The summed E-state index contributed by atoms with van der Waals surface area (Å²) in [6, 6.07) is 7.94. The van der Waals surface area contributed by atoms with Crippen LogP contribution in [0, 0.1) is 5.82 Å². The highest BCUT2D eigenvalue weighted by Crippen LogP contribution is 2.26. The van der Waals surface area contributed by atoms with Crippen molar-refractivity contribution in [2.75, 3.05) is 5.32 Å². The lowest BCUT2D eigenvalue weighted by molar-refractivity contribution is 0.628. The molecule has 0 amide bonds. The number of nitrogens with zero attached hydrogens (tertiary/aromatic N) is 2. The highest BCUT2D eigenvalue weighted by molar-refractivity contribution is 5.93. The molecule has 2 heterocycles. The van der Waals surface area contributed by atoms with Crippen LogP contribution < -0.4 is 11.1 Å². The molecule has 3 rings (SSSR count). The van der Waals surface area contributed by atoms with Crippen LogP contribution >= 0.6 is 0 Å². The molecule has 6 heteroatoms. The van der Waals surface area contributed by atoms with Crippen molar-refractivity contribution in [2.24, 2.45) is 5.73 Å². The maximum absolute atomic E-state index is 12.9. The molecule has 0 fully saturated rings. The van der Waals surface area contributed by atoms with Gasteiger partial charge in [0, 0.05) is 23.2 Å². The van der Waals surface area contributed by atoms with Crippen molar-refractivity contribution in [3.05, 3.63) is 54.7 Å². The zero-order chi connectivity index (χ0) is 14.1. The van der Waals surface area contributed by atoms with E-state index in [1.165, 1.54) is 12.1 Å². The number of halogens is 1. The summed E-state index contributed by atoms with van der Waals surface area (Å²) in [6.07, 6.45) is 1.68. The molecule has 0 atom stereocenters. The van der Waals surface area contributed by atoms with Gasteiger partial charge in [-0.25, -0.2) is 9.37 Å². The molecule has 0 unspecified atom stereocenters. The van der Waals surface area contributed by atoms with Gasteiger partial charge in [0.25, 0.3) is 0 Å². The van der Waals surface area contributed by atoms with Gasteiger partial charge in [0.05, 0.1) is 11.3 Å². The molecule has 5 nitrogen and oxygen atoms in total. The van der Waals surface area contributed by atoms with Gasteiger partial charge in [0.1, 0.15) is 17.3 Å². The van der Waals surface area contributed by atoms with Gasteiger partial charge in [-0.3, -0.25) is 5.10 Å². The second kappa shape index (κ2) is 4.65. The maximum atomic E-state index is 12.9. The number of hydrogen-bond acceptors (Lipinski definition) is 4. The third kappa shape index (κ3) is 2.18. The number of pyridine rings is 1. The Morgan fingerprint density at radius 3 is 2.75 bits per heavy atom. The predicted octanol–water partition coefficient (Wildman–Crippen LogP) is 2.61. The summed E-state index contributed by atoms with van der Waals surface area (Å²) in [5.41, 5.74) is 7.83. The quantitative estimate of drug-likeness (QED) is 0.682. The SMILES string of the molecule is C=C(N)Nc1cc2[nH]nc(-c3ccc(F)cc3)c2cn1. The first-order chi connectivity index (χ1) is 9.63. The van der Waals surface area contributed by atoms with E-state index in [0.717, 1.165) is 22.2 Å². The summed E-state index contributed by atoms with van der Waals surface area (Å²) in [6.45, 7) is 3.56. The Morgan fingerprint density at radius 2 is 2.05 bits per heavy atom. The first-order valence-electron chi connectivity index (χ1n) is 5.95. The first kappa shape index (κ1) is 12.2. The van der Waals surface area contributed by atoms with E-state index < -0.39 is 0 Å². The monoisotopic (exact) mass is 269 g/mol. The number of anilines is 1. The number of nitrogens with two attached hydrogens (primary N) is 1. The smallest absolute Gasteiger partial charge is 0.133 e. The van der Waals surface area contributed by atoms with Crippen molar-refractivity contribution >= 4 is 16.7 Å².